The predicted molar refractivity (Wildman–Crippen MR) is 94.6 cm³/mol. The average molecular weight is 341 g/mol. The van der Waals surface area contributed by atoms with Crippen molar-refractivity contribution in [1.82, 2.24) is 9.88 Å². The third kappa shape index (κ3) is 3.05. The maximum atomic E-state index is 12.9. The SMILES string of the molecule is O=C1CCC[C@@H](c2ccc(Cl)cc2)N1C(c1ccccn1)C1CC1. The lowest BCUT2D eigenvalue weighted by atomic mass is 9.91. The summed E-state index contributed by atoms with van der Waals surface area (Å²) in [5.74, 6) is 0.792. The maximum Gasteiger partial charge on any atom is 0.223 e. The second-order valence-corrected chi connectivity index (χ2v) is 7.23. The summed E-state index contributed by atoms with van der Waals surface area (Å²) in [6, 6.07) is 14.2. The standard InChI is InChI=1S/C20H21ClN2O/c21-16-11-9-14(10-12-16)18-5-3-6-19(24)23(18)20(15-7-8-15)17-4-1-2-13-22-17/h1-2,4,9-13,15,18,20H,3,5-8H2/t18-,20?/m0/s1. The minimum absolute atomic E-state index is 0.0969. The number of benzene rings is 1. The first-order valence-electron chi connectivity index (χ1n) is 8.71. The Morgan fingerprint density at radius 3 is 2.54 bits per heavy atom. The molecule has 0 radical (unpaired) electrons. The lowest BCUT2D eigenvalue weighted by Gasteiger charge is -2.41. The van der Waals surface area contributed by atoms with Crippen molar-refractivity contribution in [1.29, 1.82) is 0 Å². The first kappa shape index (κ1) is 15.6. The number of amides is 1. The Morgan fingerprint density at radius 1 is 1.08 bits per heavy atom. The third-order valence-electron chi connectivity index (χ3n) is 5.11. The average Bonchev–Trinajstić information content (AvgIpc) is 3.43. The molecule has 2 fully saturated rings. The summed E-state index contributed by atoms with van der Waals surface area (Å²) < 4.78 is 0. The molecule has 1 saturated carbocycles. The highest BCUT2D eigenvalue weighted by molar-refractivity contribution is 6.30. The van der Waals surface area contributed by atoms with Crippen LogP contribution in [0.4, 0.5) is 0 Å². The van der Waals surface area contributed by atoms with Gasteiger partial charge in [0.2, 0.25) is 5.91 Å². The topological polar surface area (TPSA) is 33.2 Å². The van der Waals surface area contributed by atoms with Gasteiger partial charge in [-0.3, -0.25) is 9.78 Å². The molecule has 0 spiro atoms. The van der Waals surface area contributed by atoms with Crippen molar-refractivity contribution in [2.24, 2.45) is 5.92 Å². The number of halogens is 1. The van der Waals surface area contributed by atoms with Crippen LogP contribution in [0.3, 0.4) is 0 Å². The van der Waals surface area contributed by atoms with Gasteiger partial charge in [0.15, 0.2) is 0 Å². The second-order valence-electron chi connectivity index (χ2n) is 6.80. The Kier molecular flexibility index (Phi) is 4.28. The lowest BCUT2D eigenvalue weighted by Crippen LogP contribution is -2.42. The van der Waals surface area contributed by atoms with Crippen LogP contribution in [0.15, 0.2) is 48.7 Å². The Hall–Kier alpha value is -1.87. The number of aromatic nitrogens is 1. The van der Waals surface area contributed by atoms with E-state index in [1.807, 2.05) is 30.5 Å². The number of carbonyl (C=O) groups excluding carboxylic acids is 1. The van der Waals surface area contributed by atoms with Crippen LogP contribution in [0.5, 0.6) is 0 Å². The molecule has 1 aliphatic heterocycles. The van der Waals surface area contributed by atoms with E-state index in [0.717, 1.165) is 23.6 Å². The van der Waals surface area contributed by atoms with E-state index in [4.69, 9.17) is 11.6 Å². The first-order chi connectivity index (χ1) is 11.7. The smallest absolute Gasteiger partial charge is 0.223 e. The van der Waals surface area contributed by atoms with Gasteiger partial charge in [0, 0.05) is 17.6 Å². The van der Waals surface area contributed by atoms with Crippen molar-refractivity contribution in [2.45, 2.75) is 44.2 Å². The number of carbonyl (C=O) groups is 1. The monoisotopic (exact) mass is 340 g/mol. The van der Waals surface area contributed by atoms with E-state index in [1.54, 1.807) is 0 Å². The van der Waals surface area contributed by atoms with Gasteiger partial charge in [-0.15, -0.1) is 0 Å². The van der Waals surface area contributed by atoms with E-state index in [0.29, 0.717) is 12.3 Å². The molecule has 3 nitrogen and oxygen atoms in total. The van der Waals surface area contributed by atoms with Gasteiger partial charge < -0.3 is 4.90 Å². The van der Waals surface area contributed by atoms with E-state index < -0.39 is 0 Å². The van der Waals surface area contributed by atoms with Gasteiger partial charge >= 0.3 is 0 Å². The van der Waals surface area contributed by atoms with Crippen LogP contribution in [0.1, 0.15) is 55.4 Å². The minimum atomic E-state index is 0.0969. The van der Waals surface area contributed by atoms with E-state index >= 15 is 0 Å². The van der Waals surface area contributed by atoms with Gasteiger partial charge in [-0.1, -0.05) is 29.8 Å². The predicted octanol–water partition coefficient (Wildman–Crippen LogP) is 4.94. The molecule has 4 heteroatoms. The number of pyridine rings is 1. The summed E-state index contributed by atoms with van der Waals surface area (Å²) in [6.07, 6.45) is 6.78. The molecule has 124 valence electrons. The maximum absolute atomic E-state index is 12.9. The Bertz CT molecular complexity index is 712. The highest BCUT2D eigenvalue weighted by Gasteiger charge is 2.43. The summed E-state index contributed by atoms with van der Waals surface area (Å²) in [4.78, 5) is 19.6. The normalized spacial score (nSPS) is 22.5. The van der Waals surface area contributed by atoms with Gasteiger partial charge in [-0.2, -0.15) is 0 Å². The number of piperidine rings is 1. The fourth-order valence-electron chi connectivity index (χ4n) is 3.82. The van der Waals surface area contributed by atoms with Crippen LogP contribution in [0.2, 0.25) is 5.02 Å². The quantitative estimate of drug-likeness (QED) is 0.789. The number of nitrogens with zero attached hydrogens (tertiary/aromatic N) is 2. The van der Waals surface area contributed by atoms with E-state index in [-0.39, 0.29) is 18.0 Å². The van der Waals surface area contributed by atoms with E-state index in [2.05, 4.69) is 28.1 Å². The van der Waals surface area contributed by atoms with E-state index in [1.165, 1.54) is 18.4 Å². The molecule has 0 N–H and O–H groups in total. The zero-order chi connectivity index (χ0) is 16.5. The summed E-state index contributed by atoms with van der Waals surface area (Å²) in [7, 11) is 0. The summed E-state index contributed by atoms with van der Waals surface area (Å²) >= 11 is 6.04. The molecule has 4 rings (SSSR count). The first-order valence-corrected chi connectivity index (χ1v) is 9.09. The molecule has 2 heterocycles. The number of hydrogen-bond acceptors (Lipinski definition) is 2. The van der Waals surface area contributed by atoms with Crippen LogP contribution < -0.4 is 0 Å². The molecule has 2 aromatic rings. The fourth-order valence-corrected chi connectivity index (χ4v) is 3.95. The molecule has 1 aromatic heterocycles. The van der Waals surface area contributed by atoms with Crippen molar-refractivity contribution in [2.75, 3.05) is 0 Å². The lowest BCUT2D eigenvalue weighted by molar-refractivity contribution is -0.140. The Labute approximate surface area is 147 Å². The van der Waals surface area contributed by atoms with Crippen molar-refractivity contribution < 1.29 is 4.79 Å². The second kappa shape index (κ2) is 6.56. The number of likely N-dealkylation sites (tertiary alicyclic amines) is 1. The summed E-state index contributed by atoms with van der Waals surface area (Å²) in [5, 5.41) is 0.732. The van der Waals surface area contributed by atoms with Crippen LogP contribution in [-0.4, -0.2) is 15.8 Å². The number of rotatable bonds is 4. The van der Waals surface area contributed by atoms with Gasteiger partial charge in [0.25, 0.3) is 0 Å². The zero-order valence-corrected chi connectivity index (χ0v) is 14.3. The van der Waals surface area contributed by atoms with Gasteiger partial charge in [0.1, 0.15) is 0 Å². The van der Waals surface area contributed by atoms with Crippen molar-refractivity contribution in [3.8, 4) is 0 Å². The number of hydrogen-bond donors (Lipinski definition) is 0. The summed E-state index contributed by atoms with van der Waals surface area (Å²) in [5.41, 5.74) is 2.20. The van der Waals surface area contributed by atoms with Gasteiger partial charge in [0.05, 0.1) is 17.8 Å². The molecule has 1 unspecified atom stereocenters. The molecule has 2 atom stereocenters. The molecule has 1 aromatic carbocycles. The zero-order valence-electron chi connectivity index (χ0n) is 13.6. The molecule has 1 amide bonds. The fraction of sp³-hybridized carbons (Fsp3) is 0.400. The molecular formula is C20H21ClN2O. The van der Waals surface area contributed by atoms with Crippen molar-refractivity contribution in [3.63, 3.8) is 0 Å². The molecule has 1 aliphatic carbocycles. The van der Waals surface area contributed by atoms with E-state index in [9.17, 15) is 4.79 Å². The molecular weight excluding hydrogens is 320 g/mol. The van der Waals surface area contributed by atoms with Gasteiger partial charge in [-0.05, 0) is 61.4 Å². The van der Waals surface area contributed by atoms with Crippen LogP contribution >= 0.6 is 11.6 Å². The molecule has 24 heavy (non-hydrogen) atoms. The summed E-state index contributed by atoms with van der Waals surface area (Å²) in [6.45, 7) is 0. The van der Waals surface area contributed by atoms with Crippen LogP contribution in [-0.2, 0) is 4.79 Å². The third-order valence-corrected chi connectivity index (χ3v) is 5.36. The van der Waals surface area contributed by atoms with Crippen LogP contribution in [0.25, 0.3) is 0 Å². The van der Waals surface area contributed by atoms with Crippen molar-refractivity contribution in [3.05, 3.63) is 64.9 Å². The largest absolute Gasteiger partial charge is 0.327 e. The molecule has 1 saturated heterocycles. The molecule has 0 bridgehead atoms. The minimum Gasteiger partial charge on any atom is -0.327 e. The Morgan fingerprint density at radius 2 is 1.88 bits per heavy atom. The highest BCUT2D eigenvalue weighted by atomic mass is 35.5. The highest BCUT2D eigenvalue weighted by Crippen LogP contribution is 2.49. The van der Waals surface area contributed by atoms with Crippen LogP contribution in [0, 0.1) is 5.92 Å². The Balaban J connectivity index is 1.73. The molecule has 2 aliphatic rings. The van der Waals surface area contributed by atoms with Crippen molar-refractivity contribution >= 4 is 17.5 Å². The van der Waals surface area contributed by atoms with Gasteiger partial charge in [-0.25, -0.2) is 0 Å².